The summed E-state index contributed by atoms with van der Waals surface area (Å²) in [7, 11) is 1.81. The van der Waals surface area contributed by atoms with E-state index in [0.29, 0.717) is 35.6 Å². The minimum Gasteiger partial charge on any atom is -0.383 e. The molecule has 1 N–H and O–H groups in total. The van der Waals surface area contributed by atoms with Crippen LogP contribution in [0.5, 0.6) is 0 Å². The van der Waals surface area contributed by atoms with E-state index in [0.717, 1.165) is 5.56 Å². The third-order valence-electron chi connectivity index (χ3n) is 5.23. The van der Waals surface area contributed by atoms with E-state index < -0.39 is 5.60 Å². The molecule has 1 aliphatic heterocycles. The predicted molar refractivity (Wildman–Crippen MR) is 107 cm³/mol. The Bertz CT molecular complexity index is 1080. The third kappa shape index (κ3) is 3.56. The molecule has 4 rings (SSSR count). The van der Waals surface area contributed by atoms with Crippen LogP contribution >= 0.6 is 0 Å². The van der Waals surface area contributed by atoms with Crippen molar-refractivity contribution in [2.24, 2.45) is 7.05 Å². The minimum absolute atomic E-state index is 0.162. The number of pyridine rings is 1. The summed E-state index contributed by atoms with van der Waals surface area (Å²) in [5, 5.41) is 15.8. The number of nitrogens with zero attached hydrogens (tertiary/aromatic N) is 4. The number of benzene rings is 1. The van der Waals surface area contributed by atoms with Crippen molar-refractivity contribution in [2.45, 2.75) is 12.0 Å². The average Bonchev–Trinajstić information content (AvgIpc) is 3.34. The number of hydrogen-bond donors (Lipinski definition) is 1. The van der Waals surface area contributed by atoms with Gasteiger partial charge in [-0.1, -0.05) is 12.6 Å². The maximum absolute atomic E-state index is 13.3. The standard InChI is InChI=1S/C22H21FN4O2/c1-3-20(28)27-13-11-22(29,14-27)17-8-9-18(15-4-6-16(23)7-5-15)24-21(17)19-10-12-26(2)25-19/h3-10,12,29H,1,11,13-14H2,2H3/t22-/m1/s1. The number of hydrogen-bond acceptors (Lipinski definition) is 4. The molecule has 0 unspecified atom stereocenters. The molecule has 148 valence electrons. The summed E-state index contributed by atoms with van der Waals surface area (Å²) in [6, 6.07) is 11.5. The lowest BCUT2D eigenvalue weighted by molar-refractivity contribution is -0.126. The Labute approximate surface area is 167 Å². The number of halogens is 1. The van der Waals surface area contributed by atoms with Crippen LogP contribution in [0.2, 0.25) is 0 Å². The molecule has 0 aliphatic carbocycles. The number of β-amino-alcohol motifs (C(OH)–C–C–N with tert-alkyl or cyclic N) is 1. The summed E-state index contributed by atoms with van der Waals surface area (Å²) >= 11 is 0. The van der Waals surface area contributed by atoms with E-state index in [1.807, 2.05) is 19.2 Å². The van der Waals surface area contributed by atoms with Crippen molar-refractivity contribution in [2.75, 3.05) is 13.1 Å². The van der Waals surface area contributed by atoms with Gasteiger partial charge in [0.25, 0.3) is 0 Å². The van der Waals surface area contributed by atoms with Crippen LogP contribution in [0.15, 0.2) is 61.3 Å². The van der Waals surface area contributed by atoms with Crippen molar-refractivity contribution < 1.29 is 14.3 Å². The second-order valence-corrected chi connectivity index (χ2v) is 7.22. The van der Waals surface area contributed by atoms with Crippen LogP contribution in [0.4, 0.5) is 4.39 Å². The Balaban J connectivity index is 1.80. The van der Waals surface area contributed by atoms with Gasteiger partial charge < -0.3 is 10.0 Å². The van der Waals surface area contributed by atoms with Gasteiger partial charge in [0.15, 0.2) is 0 Å². The van der Waals surface area contributed by atoms with Gasteiger partial charge in [-0.05, 0) is 48.9 Å². The molecule has 3 aromatic rings. The number of likely N-dealkylation sites (tertiary alicyclic amines) is 1. The molecule has 3 heterocycles. The molecule has 0 radical (unpaired) electrons. The van der Waals surface area contributed by atoms with E-state index in [1.165, 1.54) is 18.2 Å². The Morgan fingerprint density at radius 2 is 1.97 bits per heavy atom. The lowest BCUT2D eigenvalue weighted by Gasteiger charge is -2.25. The van der Waals surface area contributed by atoms with Crippen molar-refractivity contribution in [1.82, 2.24) is 19.7 Å². The smallest absolute Gasteiger partial charge is 0.246 e. The Morgan fingerprint density at radius 1 is 1.21 bits per heavy atom. The first kappa shape index (κ1) is 19.0. The Morgan fingerprint density at radius 3 is 2.62 bits per heavy atom. The normalized spacial score (nSPS) is 18.8. The second-order valence-electron chi connectivity index (χ2n) is 7.22. The SMILES string of the molecule is C=CC(=O)N1CC[C@](O)(c2ccc(-c3ccc(F)cc3)nc2-c2ccn(C)n2)C1. The van der Waals surface area contributed by atoms with Crippen LogP contribution in [0.1, 0.15) is 12.0 Å². The van der Waals surface area contributed by atoms with Gasteiger partial charge in [0.1, 0.15) is 17.1 Å². The molecule has 1 fully saturated rings. The van der Waals surface area contributed by atoms with E-state index in [1.54, 1.807) is 34.0 Å². The lowest BCUT2D eigenvalue weighted by atomic mass is 9.90. The molecule has 1 saturated heterocycles. The number of aliphatic hydroxyl groups is 1. The highest BCUT2D eigenvalue weighted by Gasteiger charge is 2.41. The maximum atomic E-state index is 13.3. The molecule has 29 heavy (non-hydrogen) atoms. The quantitative estimate of drug-likeness (QED) is 0.693. The third-order valence-corrected chi connectivity index (χ3v) is 5.23. The topological polar surface area (TPSA) is 71.2 Å². The van der Waals surface area contributed by atoms with Crippen LogP contribution in [0.25, 0.3) is 22.6 Å². The number of aromatic nitrogens is 3. The van der Waals surface area contributed by atoms with Crippen LogP contribution < -0.4 is 0 Å². The van der Waals surface area contributed by atoms with Gasteiger partial charge in [-0.15, -0.1) is 0 Å². The molecule has 1 amide bonds. The van der Waals surface area contributed by atoms with E-state index in [4.69, 9.17) is 4.98 Å². The molecule has 1 aliphatic rings. The van der Waals surface area contributed by atoms with E-state index in [-0.39, 0.29) is 18.3 Å². The highest BCUT2D eigenvalue weighted by molar-refractivity contribution is 5.87. The van der Waals surface area contributed by atoms with Crippen LogP contribution in [0, 0.1) is 5.82 Å². The van der Waals surface area contributed by atoms with Crippen molar-refractivity contribution >= 4 is 5.91 Å². The van der Waals surface area contributed by atoms with E-state index in [9.17, 15) is 14.3 Å². The first-order valence-electron chi connectivity index (χ1n) is 9.31. The predicted octanol–water partition coefficient (Wildman–Crippen LogP) is 2.89. The van der Waals surface area contributed by atoms with Crippen molar-refractivity contribution in [1.29, 1.82) is 0 Å². The second kappa shape index (κ2) is 7.25. The zero-order chi connectivity index (χ0) is 20.6. The van der Waals surface area contributed by atoms with Gasteiger partial charge in [0, 0.05) is 30.9 Å². The van der Waals surface area contributed by atoms with Crippen molar-refractivity contribution in [3.8, 4) is 22.6 Å². The van der Waals surface area contributed by atoms with Gasteiger partial charge in [-0.2, -0.15) is 5.10 Å². The van der Waals surface area contributed by atoms with Gasteiger partial charge in [-0.25, -0.2) is 9.37 Å². The van der Waals surface area contributed by atoms with Crippen LogP contribution in [-0.2, 0) is 17.4 Å². The van der Waals surface area contributed by atoms with Crippen molar-refractivity contribution in [3.63, 3.8) is 0 Å². The average molecular weight is 392 g/mol. The fraction of sp³-hybridized carbons (Fsp3) is 0.227. The summed E-state index contributed by atoms with van der Waals surface area (Å²) in [6.07, 6.45) is 3.45. The molecule has 0 bridgehead atoms. The first-order chi connectivity index (χ1) is 13.9. The monoisotopic (exact) mass is 392 g/mol. The zero-order valence-electron chi connectivity index (χ0n) is 16.0. The number of carbonyl (C=O) groups excluding carboxylic acids is 1. The minimum atomic E-state index is -1.24. The van der Waals surface area contributed by atoms with Gasteiger partial charge in [-0.3, -0.25) is 9.48 Å². The number of carbonyl (C=O) groups is 1. The molecule has 1 aromatic carbocycles. The fourth-order valence-corrected chi connectivity index (χ4v) is 3.68. The molecule has 2 aromatic heterocycles. The molecular weight excluding hydrogens is 371 g/mol. The molecular formula is C22H21FN4O2. The van der Waals surface area contributed by atoms with Gasteiger partial charge >= 0.3 is 0 Å². The largest absolute Gasteiger partial charge is 0.383 e. The van der Waals surface area contributed by atoms with Gasteiger partial charge in [0.05, 0.1) is 17.9 Å². The van der Waals surface area contributed by atoms with Gasteiger partial charge in [0.2, 0.25) is 5.91 Å². The maximum Gasteiger partial charge on any atom is 0.246 e. The lowest BCUT2D eigenvalue weighted by Crippen LogP contribution is -2.34. The van der Waals surface area contributed by atoms with Crippen LogP contribution in [0.3, 0.4) is 0 Å². The van der Waals surface area contributed by atoms with E-state index >= 15 is 0 Å². The molecule has 6 nitrogen and oxygen atoms in total. The highest BCUT2D eigenvalue weighted by Crippen LogP contribution is 2.38. The molecule has 0 spiro atoms. The first-order valence-corrected chi connectivity index (χ1v) is 9.31. The highest BCUT2D eigenvalue weighted by atomic mass is 19.1. The molecule has 0 saturated carbocycles. The van der Waals surface area contributed by atoms with Crippen molar-refractivity contribution in [3.05, 3.63) is 72.7 Å². The molecule has 1 atom stereocenters. The number of aryl methyl sites for hydroxylation is 1. The van der Waals surface area contributed by atoms with E-state index in [2.05, 4.69) is 11.7 Å². The Hall–Kier alpha value is -3.32. The summed E-state index contributed by atoms with van der Waals surface area (Å²) in [5.74, 6) is -0.529. The number of amides is 1. The summed E-state index contributed by atoms with van der Waals surface area (Å²) in [4.78, 5) is 18.3. The molecule has 7 heteroatoms. The summed E-state index contributed by atoms with van der Waals surface area (Å²) < 4.78 is 15.0. The Kier molecular flexibility index (Phi) is 4.76. The number of rotatable bonds is 4. The fourth-order valence-electron chi connectivity index (χ4n) is 3.68. The summed E-state index contributed by atoms with van der Waals surface area (Å²) in [5.41, 5.74) is 1.95. The zero-order valence-corrected chi connectivity index (χ0v) is 16.0. The van der Waals surface area contributed by atoms with Crippen LogP contribution in [-0.4, -0.2) is 43.8 Å². The summed E-state index contributed by atoms with van der Waals surface area (Å²) in [6.45, 7) is 4.12.